The predicted octanol–water partition coefficient (Wildman–Crippen LogP) is 0.157. The molecule has 5 nitrogen and oxygen atoms in total. The highest BCUT2D eigenvalue weighted by Gasteiger charge is 2.37. The van der Waals surface area contributed by atoms with E-state index in [1.54, 1.807) is 4.90 Å². The second kappa shape index (κ2) is 4.82. The second-order valence-corrected chi connectivity index (χ2v) is 4.73. The Morgan fingerprint density at radius 1 is 1.12 bits per heavy atom. The number of piperidine rings is 1. The Hall–Kier alpha value is -1.10. The van der Waals surface area contributed by atoms with Gasteiger partial charge < -0.3 is 4.90 Å². The zero-order valence-electron chi connectivity index (χ0n) is 9.45. The molecule has 0 spiro atoms. The van der Waals surface area contributed by atoms with Crippen LogP contribution < -0.4 is 11.3 Å². The number of amides is 2. The van der Waals surface area contributed by atoms with Crippen LogP contribution in [0.3, 0.4) is 0 Å². The van der Waals surface area contributed by atoms with E-state index in [1.165, 1.54) is 19.3 Å². The summed E-state index contributed by atoms with van der Waals surface area (Å²) in [6, 6.07) is 0.271. The largest absolute Gasteiger partial charge is 0.331 e. The number of fused-ring (bicyclic) bond motifs is 1. The zero-order valence-corrected chi connectivity index (χ0v) is 9.45. The molecule has 5 heteroatoms. The maximum absolute atomic E-state index is 11.8. The van der Waals surface area contributed by atoms with Crippen molar-refractivity contribution in [2.45, 2.75) is 44.6 Å². The molecule has 1 heterocycles. The Morgan fingerprint density at radius 2 is 1.81 bits per heavy atom. The fourth-order valence-corrected chi connectivity index (χ4v) is 3.07. The molecule has 2 atom stereocenters. The minimum absolute atomic E-state index is 0.271. The number of nitrogens with one attached hydrogen (secondary N) is 1. The monoisotopic (exact) mass is 225 g/mol. The summed E-state index contributed by atoms with van der Waals surface area (Å²) in [5.41, 5.74) is 1.93. The number of carbonyl (C=O) groups is 2. The van der Waals surface area contributed by atoms with Gasteiger partial charge in [-0.2, -0.15) is 0 Å². The molecule has 2 rings (SSSR count). The van der Waals surface area contributed by atoms with E-state index in [0.29, 0.717) is 12.5 Å². The lowest BCUT2D eigenvalue weighted by molar-refractivity contribution is -0.150. The van der Waals surface area contributed by atoms with Gasteiger partial charge in [0, 0.05) is 12.6 Å². The lowest BCUT2D eigenvalue weighted by Crippen LogP contribution is -2.54. The molecule has 2 amide bonds. The first-order chi connectivity index (χ1) is 7.74. The third kappa shape index (κ3) is 2.04. The van der Waals surface area contributed by atoms with Crippen LogP contribution in [0.25, 0.3) is 0 Å². The van der Waals surface area contributed by atoms with Crippen LogP contribution >= 0.6 is 0 Å². The highest BCUT2D eigenvalue weighted by Crippen LogP contribution is 2.35. The molecule has 1 aliphatic heterocycles. The SMILES string of the molecule is NNC(=O)C(=O)N1CCC[C@H]2CCCC[C@H]21. The first-order valence-electron chi connectivity index (χ1n) is 6.05. The highest BCUT2D eigenvalue weighted by molar-refractivity contribution is 6.34. The van der Waals surface area contributed by atoms with E-state index in [0.717, 1.165) is 19.3 Å². The average Bonchev–Trinajstić information content (AvgIpc) is 2.36. The second-order valence-electron chi connectivity index (χ2n) is 4.73. The van der Waals surface area contributed by atoms with Gasteiger partial charge in [-0.3, -0.25) is 15.0 Å². The van der Waals surface area contributed by atoms with Crippen molar-refractivity contribution in [1.29, 1.82) is 0 Å². The lowest BCUT2D eigenvalue weighted by Gasteiger charge is -2.43. The zero-order chi connectivity index (χ0) is 11.5. The molecule has 3 N–H and O–H groups in total. The van der Waals surface area contributed by atoms with Crippen LogP contribution in [-0.4, -0.2) is 29.3 Å². The number of likely N-dealkylation sites (tertiary alicyclic amines) is 1. The van der Waals surface area contributed by atoms with Gasteiger partial charge in [-0.25, -0.2) is 5.84 Å². The molecule has 0 radical (unpaired) electrons. The molecule has 1 aliphatic carbocycles. The molecule has 90 valence electrons. The molecule has 1 saturated heterocycles. The Kier molecular flexibility index (Phi) is 3.43. The summed E-state index contributed by atoms with van der Waals surface area (Å²) in [5, 5.41) is 0. The van der Waals surface area contributed by atoms with Crippen LogP contribution in [0.15, 0.2) is 0 Å². The van der Waals surface area contributed by atoms with Crippen molar-refractivity contribution in [3.63, 3.8) is 0 Å². The summed E-state index contributed by atoms with van der Waals surface area (Å²) in [6.07, 6.45) is 6.85. The Morgan fingerprint density at radius 3 is 2.56 bits per heavy atom. The van der Waals surface area contributed by atoms with Crippen LogP contribution in [-0.2, 0) is 9.59 Å². The lowest BCUT2D eigenvalue weighted by atomic mass is 9.78. The molecule has 0 aromatic carbocycles. The summed E-state index contributed by atoms with van der Waals surface area (Å²) in [7, 11) is 0. The van der Waals surface area contributed by atoms with E-state index in [1.807, 2.05) is 5.43 Å². The van der Waals surface area contributed by atoms with Gasteiger partial charge >= 0.3 is 11.8 Å². The summed E-state index contributed by atoms with van der Waals surface area (Å²) in [6.45, 7) is 0.702. The maximum Gasteiger partial charge on any atom is 0.323 e. The van der Waals surface area contributed by atoms with Gasteiger partial charge in [-0.1, -0.05) is 12.8 Å². The summed E-state index contributed by atoms with van der Waals surface area (Å²) < 4.78 is 0. The number of hydrogen-bond acceptors (Lipinski definition) is 3. The third-order valence-electron chi connectivity index (χ3n) is 3.83. The topological polar surface area (TPSA) is 75.4 Å². The van der Waals surface area contributed by atoms with E-state index in [9.17, 15) is 9.59 Å². The number of carbonyl (C=O) groups excluding carboxylic acids is 2. The fraction of sp³-hybridized carbons (Fsp3) is 0.818. The minimum atomic E-state index is -0.689. The predicted molar refractivity (Wildman–Crippen MR) is 59.0 cm³/mol. The normalized spacial score (nSPS) is 29.4. The van der Waals surface area contributed by atoms with Crippen molar-refractivity contribution in [1.82, 2.24) is 10.3 Å². The highest BCUT2D eigenvalue weighted by atomic mass is 16.2. The van der Waals surface area contributed by atoms with Crippen molar-refractivity contribution in [3.05, 3.63) is 0 Å². The van der Waals surface area contributed by atoms with Gasteiger partial charge in [0.15, 0.2) is 0 Å². The molecule has 1 saturated carbocycles. The first kappa shape index (κ1) is 11.4. The number of rotatable bonds is 0. The van der Waals surface area contributed by atoms with Gasteiger partial charge in [0.2, 0.25) is 0 Å². The van der Waals surface area contributed by atoms with E-state index < -0.39 is 11.8 Å². The van der Waals surface area contributed by atoms with E-state index >= 15 is 0 Å². The first-order valence-corrected chi connectivity index (χ1v) is 6.05. The number of hydrazine groups is 1. The van der Waals surface area contributed by atoms with Crippen LogP contribution in [0, 0.1) is 5.92 Å². The molecule has 16 heavy (non-hydrogen) atoms. The molecular formula is C11H19N3O2. The van der Waals surface area contributed by atoms with Crippen LogP contribution in [0.4, 0.5) is 0 Å². The van der Waals surface area contributed by atoms with Crippen LogP contribution in [0.5, 0.6) is 0 Å². The Labute approximate surface area is 95.3 Å². The van der Waals surface area contributed by atoms with Crippen molar-refractivity contribution in [2.24, 2.45) is 11.8 Å². The van der Waals surface area contributed by atoms with Crippen molar-refractivity contribution in [2.75, 3.05) is 6.54 Å². The number of nitrogens with two attached hydrogens (primary N) is 1. The van der Waals surface area contributed by atoms with Gasteiger partial charge in [-0.15, -0.1) is 0 Å². The molecule has 2 fully saturated rings. The Balaban J connectivity index is 2.07. The number of hydrogen-bond donors (Lipinski definition) is 2. The van der Waals surface area contributed by atoms with Gasteiger partial charge in [0.05, 0.1) is 0 Å². The van der Waals surface area contributed by atoms with Crippen molar-refractivity contribution < 1.29 is 9.59 Å². The van der Waals surface area contributed by atoms with E-state index in [-0.39, 0.29) is 6.04 Å². The van der Waals surface area contributed by atoms with E-state index in [4.69, 9.17) is 5.84 Å². The van der Waals surface area contributed by atoms with Crippen molar-refractivity contribution >= 4 is 11.8 Å². The molecule has 0 aromatic rings. The van der Waals surface area contributed by atoms with Gasteiger partial charge in [-0.05, 0) is 31.6 Å². The molecular weight excluding hydrogens is 206 g/mol. The summed E-state index contributed by atoms with van der Waals surface area (Å²) in [4.78, 5) is 24.8. The average molecular weight is 225 g/mol. The molecule has 0 aromatic heterocycles. The summed E-state index contributed by atoms with van der Waals surface area (Å²) >= 11 is 0. The summed E-state index contributed by atoms with van der Waals surface area (Å²) in [5.74, 6) is 4.45. The smallest absolute Gasteiger partial charge is 0.323 e. The third-order valence-corrected chi connectivity index (χ3v) is 3.83. The Bertz CT molecular complexity index is 291. The quantitative estimate of drug-likeness (QED) is 0.267. The molecule has 0 bridgehead atoms. The minimum Gasteiger partial charge on any atom is -0.331 e. The van der Waals surface area contributed by atoms with Crippen LogP contribution in [0.1, 0.15) is 38.5 Å². The fourth-order valence-electron chi connectivity index (χ4n) is 3.07. The van der Waals surface area contributed by atoms with Crippen molar-refractivity contribution in [3.8, 4) is 0 Å². The van der Waals surface area contributed by atoms with Gasteiger partial charge in [0.25, 0.3) is 0 Å². The molecule has 0 unspecified atom stereocenters. The van der Waals surface area contributed by atoms with Gasteiger partial charge in [0.1, 0.15) is 0 Å². The number of nitrogens with zero attached hydrogens (tertiary/aromatic N) is 1. The van der Waals surface area contributed by atoms with Crippen LogP contribution in [0.2, 0.25) is 0 Å². The standard InChI is InChI=1S/C11H19N3O2/c12-13-10(15)11(16)14-7-3-5-8-4-1-2-6-9(8)14/h8-9H,1-7,12H2,(H,13,15)/t8-,9-/m1/s1. The van der Waals surface area contributed by atoms with E-state index in [2.05, 4.69) is 0 Å². The molecule has 2 aliphatic rings. The maximum atomic E-state index is 11.8.